The van der Waals surface area contributed by atoms with Gasteiger partial charge in [-0.25, -0.2) is 0 Å². The maximum Gasteiger partial charge on any atom is 0.0897 e. The van der Waals surface area contributed by atoms with Crippen LogP contribution in [0.5, 0.6) is 0 Å². The van der Waals surface area contributed by atoms with E-state index in [1.807, 2.05) is 0 Å². The summed E-state index contributed by atoms with van der Waals surface area (Å²) in [6.45, 7) is 9.28. The van der Waals surface area contributed by atoms with Crippen molar-refractivity contribution in [1.82, 2.24) is 10.6 Å². The van der Waals surface area contributed by atoms with Crippen molar-refractivity contribution in [2.45, 2.75) is 103 Å². The third-order valence-electron chi connectivity index (χ3n) is 5.14. The van der Waals surface area contributed by atoms with Crippen molar-refractivity contribution in [3.8, 4) is 0 Å². The topological polar surface area (TPSA) is 83.0 Å². The minimum absolute atomic E-state index is 0.393. The smallest absolute Gasteiger partial charge is 0.0897 e. The van der Waals surface area contributed by atoms with Crippen molar-refractivity contribution in [2.24, 2.45) is 0 Å². The highest BCUT2D eigenvalue weighted by molar-refractivity contribution is 4.62. The second-order valence-corrected chi connectivity index (χ2v) is 8.40. The minimum Gasteiger partial charge on any atom is -0.389 e. The number of aliphatic hydroxyl groups is 2. The van der Waals surface area contributed by atoms with Crippen LogP contribution in [-0.4, -0.2) is 75.0 Å². The molecule has 0 radical (unpaired) electrons. The van der Waals surface area contributed by atoms with Gasteiger partial charge in [0.15, 0.2) is 0 Å². The highest BCUT2D eigenvalue weighted by atomic mass is 16.5. The molecule has 0 fully saturated rings. The van der Waals surface area contributed by atoms with Gasteiger partial charge >= 0.3 is 0 Å². The molecule has 2 atom stereocenters. The Labute approximate surface area is 186 Å². The van der Waals surface area contributed by atoms with Crippen LogP contribution in [0.4, 0.5) is 0 Å². The van der Waals surface area contributed by atoms with Crippen molar-refractivity contribution in [2.75, 3.05) is 52.6 Å². The molecule has 0 heterocycles. The molecule has 0 unspecified atom stereocenters. The van der Waals surface area contributed by atoms with Crippen molar-refractivity contribution in [1.29, 1.82) is 0 Å². The summed E-state index contributed by atoms with van der Waals surface area (Å²) in [7, 11) is 0. The van der Waals surface area contributed by atoms with Gasteiger partial charge in [0.2, 0.25) is 0 Å². The summed E-state index contributed by atoms with van der Waals surface area (Å²) < 4.78 is 11.1. The molecule has 30 heavy (non-hydrogen) atoms. The van der Waals surface area contributed by atoms with E-state index in [0.29, 0.717) is 26.3 Å². The molecule has 0 saturated carbocycles. The molecule has 6 heteroatoms. The Kier molecular flexibility index (Phi) is 24.8. The van der Waals surface area contributed by atoms with E-state index in [0.717, 1.165) is 39.1 Å². The molecule has 4 N–H and O–H groups in total. The van der Waals surface area contributed by atoms with Gasteiger partial charge < -0.3 is 30.3 Å². The molecule has 0 aliphatic carbocycles. The molecular formula is C24H52N2O4. The fraction of sp³-hybridized carbons (Fsp3) is 1.00. The van der Waals surface area contributed by atoms with Gasteiger partial charge in [0.05, 0.1) is 25.4 Å². The second-order valence-electron chi connectivity index (χ2n) is 8.40. The van der Waals surface area contributed by atoms with Crippen LogP contribution < -0.4 is 10.6 Å². The first-order valence-electron chi connectivity index (χ1n) is 12.6. The van der Waals surface area contributed by atoms with Crippen LogP contribution in [0.25, 0.3) is 0 Å². The number of hydrogen-bond acceptors (Lipinski definition) is 6. The minimum atomic E-state index is -0.467. The SMILES string of the molecule is CCCCCCCCOC[C@@H](O)CNCCNC[C@H](O)COCCCCCCCC. The van der Waals surface area contributed by atoms with Crippen LogP contribution in [0.15, 0.2) is 0 Å². The number of nitrogens with one attached hydrogen (secondary N) is 2. The lowest BCUT2D eigenvalue weighted by molar-refractivity contribution is 0.0339. The summed E-state index contributed by atoms with van der Waals surface area (Å²) in [6, 6.07) is 0. The average molecular weight is 433 g/mol. The van der Waals surface area contributed by atoms with Crippen molar-refractivity contribution >= 4 is 0 Å². The number of ether oxygens (including phenoxy) is 2. The molecule has 0 rings (SSSR count). The zero-order chi connectivity index (χ0) is 22.1. The molecule has 0 bridgehead atoms. The van der Waals surface area contributed by atoms with Crippen LogP contribution >= 0.6 is 0 Å². The van der Waals surface area contributed by atoms with Gasteiger partial charge in [-0.15, -0.1) is 0 Å². The van der Waals surface area contributed by atoms with Crippen LogP contribution in [0.2, 0.25) is 0 Å². The largest absolute Gasteiger partial charge is 0.389 e. The van der Waals surface area contributed by atoms with E-state index < -0.39 is 12.2 Å². The summed E-state index contributed by atoms with van der Waals surface area (Å²) in [5, 5.41) is 26.2. The van der Waals surface area contributed by atoms with E-state index in [1.54, 1.807) is 0 Å². The standard InChI is InChI=1S/C24H52N2O4/c1-3-5-7-9-11-13-17-29-21-23(27)19-25-15-16-26-20-24(28)22-30-18-14-12-10-8-6-4-2/h23-28H,3-22H2,1-2H3/t23-,24-/m0/s1. The molecule has 0 amide bonds. The second kappa shape index (κ2) is 25.0. The molecule has 6 nitrogen and oxygen atoms in total. The first-order chi connectivity index (χ1) is 14.7. The maximum absolute atomic E-state index is 9.90. The number of unbranched alkanes of at least 4 members (excludes halogenated alkanes) is 10. The quantitative estimate of drug-likeness (QED) is 0.165. The lowest BCUT2D eigenvalue weighted by atomic mass is 10.1. The van der Waals surface area contributed by atoms with Crippen LogP contribution in [-0.2, 0) is 9.47 Å². The summed E-state index contributed by atoms with van der Waals surface area (Å²) in [4.78, 5) is 0. The molecular weight excluding hydrogens is 380 g/mol. The number of aliphatic hydroxyl groups excluding tert-OH is 2. The van der Waals surface area contributed by atoms with E-state index in [-0.39, 0.29) is 0 Å². The number of rotatable bonds is 25. The Morgan fingerprint density at radius 1 is 0.567 bits per heavy atom. The fourth-order valence-electron chi connectivity index (χ4n) is 3.24. The van der Waals surface area contributed by atoms with Gasteiger partial charge in [-0.2, -0.15) is 0 Å². The predicted octanol–water partition coefficient (Wildman–Crippen LogP) is 3.64. The molecule has 0 aromatic rings. The first-order valence-corrected chi connectivity index (χ1v) is 12.6. The zero-order valence-electron chi connectivity index (χ0n) is 20.0. The van der Waals surface area contributed by atoms with E-state index >= 15 is 0 Å². The highest BCUT2D eigenvalue weighted by Crippen LogP contribution is 2.05. The van der Waals surface area contributed by atoms with E-state index in [4.69, 9.17) is 9.47 Å². The third-order valence-corrected chi connectivity index (χ3v) is 5.14. The van der Waals surface area contributed by atoms with Gasteiger partial charge in [-0.05, 0) is 12.8 Å². The zero-order valence-corrected chi connectivity index (χ0v) is 20.0. The Morgan fingerprint density at radius 2 is 0.933 bits per heavy atom. The van der Waals surface area contributed by atoms with E-state index in [1.165, 1.54) is 64.2 Å². The Morgan fingerprint density at radius 3 is 1.33 bits per heavy atom. The van der Waals surface area contributed by atoms with Crippen LogP contribution in [0.3, 0.4) is 0 Å². The third kappa shape index (κ3) is 24.0. The summed E-state index contributed by atoms with van der Waals surface area (Å²) >= 11 is 0. The Bertz CT molecular complexity index is 292. The van der Waals surface area contributed by atoms with Crippen molar-refractivity contribution in [3.63, 3.8) is 0 Å². The van der Waals surface area contributed by atoms with Gasteiger partial charge in [0.25, 0.3) is 0 Å². The Hall–Kier alpha value is -0.240. The summed E-state index contributed by atoms with van der Waals surface area (Å²) in [5.74, 6) is 0. The van der Waals surface area contributed by atoms with Crippen LogP contribution in [0, 0.1) is 0 Å². The summed E-state index contributed by atoms with van der Waals surface area (Å²) in [6.07, 6.45) is 14.1. The number of hydrogen-bond donors (Lipinski definition) is 4. The van der Waals surface area contributed by atoms with Gasteiger partial charge in [-0.3, -0.25) is 0 Å². The summed E-state index contributed by atoms with van der Waals surface area (Å²) in [5.41, 5.74) is 0. The van der Waals surface area contributed by atoms with Crippen molar-refractivity contribution in [3.05, 3.63) is 0 Å². The predicted molar refractivity (Wildman–Crippen MR) is 126 cm³/mol. The van der Waals surface area contributed by atoms with Gasteiger partial charge in [-0.1, -0.05) is 78.1 Å². The van der Waals surface area contributed by atoms with Gasteiger partial charge in [0.1, 0.15) is 0 Å². The first kappa shape index (κ1) is 29.8. The molecule has 0 aromatic carbocycles. The molecule has 0 aliphatic heterocycles. The molecule has 0 aliphatic rings. The average Bonchev–Trinajstić information content (AvgIpc) is 2.74. The molecule has 182 valence electrons. The monoisotopic (exact) mass is 432 g/mol. The fourth-order valence-corrected chi connectivity index (χ4v) is 3.24. The maximum atomic E-state index is 9.90. The lowest BCUT2D eigenvalue weighted by Crippen LogP contribution is -2.37. The lowest BCUT2D eigenvalue weighted by Gasteiger charge is -2.14. The van der Waals surface area contributed by atoms with E-state index in [9.17, 15) is 10.2 Å². The van der Waals surface area contributed by atoms with E-state index in [2.05, 4.69) is 24.5 Å². The van der Waals surface area contributed by atoms with Gasteiger partial charge in [0, 0.05) is 39.4 Å². The molecule has 0 spiro atoms. The normalized spacial score (nSPS) is 13.6. The van der Waals surface area contributed by atoms with Crippen LogP contribution in [0.1, 0.15) is 90.9 Å². The van der Waals surface area contributed by atoms with Crippen molar-refractivity contribution < 1.29 is 19.7 Å². The molecule has 0 saturated heterocycles. The molecule has 0 aromatic heterocycles. The Balaban J connectivity index is 3.25. The highest BCUT2D eigenvalue weighted by Gasteiger charge is 2.05.